The molecule has 8 heteroatoms. The molecule has 0 aromatic carbocycles. The Balaban J connectivity index is 2.24. The first-order valence-corrected chi connectivity index (χ1v) is 6.81. The van der Waals surface area contributed by atoms with Gasteiger partial charge in [0.1, 0.15) is 6.04 Å². The van der Waals surface area contributed by atoms with E-state index in [1.807, 2.05) is 0 Å². The first-order valence-electron chi connectivity index (χ1n) is 5.65. The van der Waals surface area contributed by atoms with Gasteiger partial charge < -0.3 is 21.1 Å². The largest absolute Gasteiger partial charge is 0.480 e. The number of urea groups is 1. The van der Waals surface area contributed by atoms with E-state index in [-0.39, 0.29) is 11.9 Å². The van der Waals surface area contributed by atoms with Crippen molar-refractivity contribution in [3.63, 3.8) is 0 Å². The minimum Gasteiger partial charge on any atom is -0.480 e. The van der Waals surface area contributed by atoms with E-state index >= 15 is 0 Å². The number of primary amides is 1. The van der Waals surface area contributed by atoms with Crippen molar-refractivity contribution in [1.82, 2.24) is 10.2 Å². The van der Waals surface area contributed by atoms with Crippen LogP contribution < -0.4 is 11.1 Å². The van der Waals surface area contributed by atoms with Crippen LogP contribution in [0.3, 0.4) is 0 Å². The summed E-state index contributed by atoms with van der Waals surface area (Å²) in [5, 5.41) is 11.6. The number of carboxylic acids is 1. The van der Waals surface area contributed by atoms with Crippen LogP contribution in [-0.4, -0.2) is 52.1 Å². The number of aliphatic carboxylic acids is 1. The molecule has 0 radical (unpaired) electrons. The third-order valence-corrected chi connectivity index (χ3v) is 3.57. The molecule has 102 valence electrons. The van der Waals surface area contributed by atoms with Gasteiger partial charge in [-0.05, 0) is 12.8 Å². The topological polar surface area (TPSA) is 113 Å². The zero-order valence-corrected chi connectivity index (χ0v) is 10.7. The zero-order chi connectivity index (χ0) is 13.5. The van der Waals surface area contributed by atoms with Crippen LogP contribution in [0.25, 0.3) is 0 Å². The number of carbonyl (C=O) groups excluding carboxylic acids is 2. The Morgan fingerprint density at radius 2 is 2.11 bits per heavy atom. The van der Waals surface area contributed by atoms with Gasteiger partial charge in [-0.25, -0.2) is 9.59 Å². The molecule has 0 bridgehead atoms. The van der Waals surface area contributed by atoms with Gasteiger partial charge in [0, 0.05) is 18.7 Å². The van der Waals surface area contributed by atoms with Crippen LogP contribution in [0, 0.1) is 0 Å². The van der Waals surface area contributed by atoms with E-state index in [2.05, 4.69) is 5.32 Å². The van der Waals surface area contributed by atoms with E-state index in [4.69, 9.17) is 10.8 Å². The number of amides is 3. The van der Waals surface area contributed by atoms with E-state index in [9.17, 15) is 14.4 Å². The van der Waals surface area contributed by atoms with Crippen LogP contribution in [-0.2, 0) is 9.59 Å². The molecule has 0 saturated carbocycles. The predicted octanol–water partition coefficient (Wildman–Crippen LogP) is -0.189. The van der Waals surface area contributed by atoms with Crippen molar-refractivity contribution in [2.24, 2.45) is 5.73 Å². The number of carboxylic acid groups (broad SMARTS) is 1. The number of thioether (sulfide) groups is 1. The molecule has 1 aliphatic heterocycles. The number of carbonyl (C=O) groups is 3. The summed E-state index contributed by atoms with van der Waals surface area (Å²) >= 11 is 1.42. The molecule has 7 nitrogen and oxygen atoms in total. The van der Waals surface area contributed by atoms with Crippen molar-refractivity contribution in [3.8, 4) is 0 Å². The molecule has 1 saturated heterocycles. The maximum atomic E-state index is 11.7. The van der Waals surface area contributed by atoms with Crippen molar-refractivity contribution < 1.29 is 19.5 Å². The molecule has 0 aliphatic carbocycles. The van der Waals surface area contributed by atoms with E-state index in [0.717, 1.165) is 0 Å². The van der Waals surface area contributed by atoms with Crippen LogP contribution in [0.5, 0.6) is 0 Å². The highest BCUT2D eigenvalue weighted by atomic mass is 32.2. The molecule has 0 spiro atoms. The van der Waals surface area contributed by atoms with Crippen LogP contribution in [0.2, 0.25) is 0 Å². The predicted molar refractivity (Wildman–Crippen MR) is 67.0 cm³/mol. The van der Waals surface area contributed by atoms with E-state index in [1.54, 1.807) is 0 Å². The van der Waals surface area contributed by atoms with Crippen molar-refractivity contribution in [3.05, 3.63) is 0 Å². The lowest BCUT2D eigenvalue weighted by Crippen LogP contribution is -2.47. The molecule has 3 amide bonds. The van der Waals surface area contributed by atoms with Gasteiger partial charge in [0.25, 0.3) is 0 Å². The summed E-state index contributed by atoms with van der Waals surface area (Å²) in [6.07, 6.45) is 1.56. The summed E-state index contributed by atoms with van der Waals surface area (Å²) in [6.45, 7) is 0.416. The third kappa shape index (κ3) is 4.44. The lowest BCUT2D eigenvalue weighted by atomic mass is 10.2. The molecule has 18 heavy (non-hydrogen) atoms. The maximum absolute atomic E-state index is 11.7. The number of hydrogen-bond donors (Lipinski definition) is 3. The number of nitrogens with two attached hydrogens (primary N) is 1. The molecule has 1 fully saturated rings. The second kappa shape index (κ2) is 7.10. The summed E-state index contributed by atoms with van der Waals surface area (Å²) < 4.78 is 0. The van der Waals surface area contributed by atoms with Gasteiger partial charge in [-0.1, -0.05) is 0 Å². The van der Waals surface area contributed by atoms with Gasteiger partial charge in [-0.3, -0.25) is 4.79 Å². The maximum Gasteiger partial charge on any atom is 0.327 e. The van der Waals surface area contributed by atoms with Gasteiger partial charge in [0.2, 0.25) is 5.91 Å². The minimum absolute atomic E-state index is 0.299. The average molecular weight is 275 g/mol. The first-order chi connectivity index (χ1) is 8.52. The second-order valence-corrected chi connectivity index (χ2v) is 4.98. The SMILES string of the molecule is NC(=O)CCCCNC(=O)N1CSCC1C(=O)O. The Morgan fingerprint density at radius 1 is 1.39 bits per heavy atom. The van der Waals surface area contributed by atoms with Gasteiger partial charge in [-0.15, -0.1) is 11.8 Å². The highest BCUT2D eigenvalue weighted by Gasteiger charge is 2.34. The highest BCUT2D eigenvalue weighted by Crippen LogP contribution is 2.20. The lowest BCUT2D eigenvalue weighted by molar-refractivity contribution is -0.140. The van der Waals surface area contributed by atoms with Gasteiger partial charge >= 0.3 is 12.0 Å². The number of hydrogen-bond acceptors (Lipinski definition) is 4. The fourth-order valence-electron chi connectivity index (χ4n) is 1.57. The smallest absolute Gasteiger partial charge is 0.327 e. The Bertz CT molecular complexity index is 337. The number of nitrogens with one attached hydrogen (secondary N) is 1. The molecule has 1 unspecified atom stereocenters. The summed E-state index contributed by atoms with van der Waals surface area (Å²) in [7, 11) is 0. The summed E-state index contributed by atoms with van der Waals surface area (Å²) in [5.74, 6) is -0.527. The minimum atomic E-state index is -0.983. The van der Waals surface area contributed by atoms with Crippen molar-refractivity contribution >= 4 is 29.7 Å². The molecule has 0 aromatic heterocycles. The van der Waals surface area contributed by atoms with Gasteiger partial charge in [0.15, 0.2) is 0 Å². The van der Waals surface area contributed by atoms with E-state index in [1.165, 1.54) is 16.7 Å². The summed E-state index contributed by atoms with van der Waals surface area (Å²) in [5.41, 5.74) is 4.98. The first kappa shape index (κ1) is 14.6. The second-order valence-electron chi connectivity index (χ2n) is 3.98. The normalized spacial score (nSPS) is 18.7. The molecule has 1 rings (SSSR count). The molecule has 4 N–H and O–H groups in total. The fourth-order valence-corrected chi connectivity index (χ4v) is 2.71. The Kier molecular flexibility index (Phi) is 5.76. The molecule has 0 aromatic rings. The van der Waals surface area contributed by atoms with Gasteiger partial charge in [0.05, 0.1) is 5.88 Å². The molecule has 1 aliphatic rings. The quantitative estimate of drug-likeness (QED) is 0.582. The standard InChI is InChI=1S/C10H17N3O4S/c11-8(14)3-1-2-4-12-10(17)13-6-18-5-7(13)9(15)16/h7H,1-6H2,(H2,11,14)(H,12,17)(H,15,16). The van der Waals surface area contributed by atoms with Crippen LogP contribution in [0.4, 0.5) is 4.79 Å². The molecular weight excluding hydrogens is 258 g/mol. The van der Waals surface area contributed by atoms with Crippen LogP contribution in [0.1, 0.15) is 19.3 Å². The molecule has 1 heterocycles. The monoisotopic (exact) mass is 275 g/mol. The van der Waals surface area contributed by atoms with Gasteiger partial charge in [-0.2, -0.15) is 0 Å². The van der Waals surface area contributed by atoms with Crippen molar-refractivity contribution in [2.45, 2.75) is 25.3 Å². The van der Waals surface area contributed by atoms with E-state index in [0.29, 0.717) is 37.4 Å². The number of unbranched alkanes of at least 4 members (excludes halogenated alkanes) is 1. The van der Waals surface area contributed by atoms with Crippen molar-refractivity contribution in [2.75, 3.05) is 18.2 Å². The summed E-state index contributed by atoms with van der Waals surface area (Å²) in [6, 6.07) is -1.12. The number of rotatable bonds is 6. The van der Waals surface area contributed by atoms with Crippen LogP contribution >= 0.6 is 11.8 Å². The molecule has 1 atom stereocenters. The lowest BCUT2D eigenvalue weighted by Gasteiger charge is -2.20. The van der Waals surface area contributed by atoms with Crippen molar-refractivity contribution in [1.29, 1.82) is 0 Å². The molecular formula is C10H17N3O4S. The number of nitrogens with zero attached hydrogens (tertiary/aromatic N) is 1. The van der Waals surface area contributed by atoms with E-state index < -0.39 is 12.0 Å². The summed E-state index contributed by atoms with van der Waals surface area (Å²) in [4.78, 5) is 34.4. The van der Waals surface area contributed by atoms with Crippen LogP contribution in [0.15, 0.2) is 0 Å². The highest BCUT2D eigenvalue weighted by molar-refractivity contribution is 7.99. The third-order valence-electron chi connectivity index (χ3n) is 2.55. The fraction of sp³-hybridized carbons (Fsp3) is 0.700. The average Bonchev–Trinajstić information content (AvgIpc) is 2.76. The zero-order valence-electron chi connectivity index (χ0n) is 9.92. The Labute approximate surface area is 109 Å². The Morgan fingerprint density at radius 3 is 2.72 bits per heavy atom. The Hall–Kier alpha value is -1.44.